The first-order chi connectivity index (χ1) is 10.4. The van der Waals surface area contributed by atoms with Gasteiger partial charge in [-0.15, -0.1) is 5.10 Å². The third kappa shape index (κ3) is 3.16. The van der Waals surface area contributed by atoms with Crippen LogP contribution in [0.5, 0.6) is 5.88 Å². The number of ether oxygens (including phenoxy) is 1. The van der Waals surface area contributed by atoms with Crippen LogP contribution in [0.25, 0.3) is 0 Å². The molecule has 0 atom stereocenters. The van der Waals surface area contributed by atoms with E-state index in [1.165, 1.54) is 22.7 Å². The van der Waals surface area contributed by atoms with Crippen LogP contribution in [0, 0.1) is 13.8 Å². The molecule has 0 saturated heterocycles. The smallest absolute Gasteiger partial charge is 0.258 e. The van der Waals surface area contributed by atoms with E-state index in [0.29, 0.717) is 29.9 Å². The van der Waals surface area contributed by atoms with Gasteiger partial charge in [0.2, 0.25) is 5.88 Å². The number of nitrogens with zero attached hydrogens (tertiary/aromatic N) is 4. The lowest BCUT2D eigenvalue weighted by atomic mass is 10.3. The van der Waals surface area contributed by atoms with Crippen molar-refractivity contribution in [2.24, 2.45) is 7.05 Å². The zero-order valence-corrected chi connectivity index (χ0v) is 13.1. The Labute approximate surface area is 127 Å². The fraction of sp³-hybridized carbons (Fsp3) is 0.429. The molecule has 0 aliphatic rings. The molecule has 22 heavy (non-hydrogen) atoms. The Bertz CT molecular complexity index is 747. The molecule has 0 bridgehead atoms. The van der Waals surface area contributed by atoms with Gasteiger partial charge in [-0.3, -0.25) is 18.8 Å². The molecule has 0 radical (unpaired) electrons. The second-order valence-electron chi connectivity index (χ2n) is 4.94. The van der Waals surface area contributed by atoms with E-state index in [2.05, 4.69) is 15.4 Å². The number of hydrogen-bond acceptors (Lipinski definition) is 5. The molecular formula is C14H19N5O3. The highest BCUT2D eigenvalue weighted by molar-refractivity contribution is 5.96. The second-order valence-corrected chi connectivity index (χ2v) is 4.94. The van der Waals surface area contributed by atoms with Gasteiger partial charge in [0.25, 0.3) is 11.5 Å². The van der Waals surface area contributed by atoms with Crippen molar-refractivity contribution in [3.05, 3.63) is 39.7 Å². The van der Waals surface area contributed by atoms with E-state index in [4.69, 9.17) is 4.74 Å². The number of carbonyl (C=O) groups is 1. The number of aromatic nitrogens is 4. The van der Waals surface area contributed by atoms with Crippen LogP contribution in [0.4, 0.5) is 0 Å². The van der Waals surface area contributed by atoms with E-state index in [1.807, 2.05) is 0 Å². The number of carbonyl (C=O) groups excluding carboxylic acids is 1. The highest BCUT2D eigenvalue weighted by Gasteiger charge is 2.15. The highest BCUT2D eigenvalue weighted by atomic mass is 16.5. The Hall–Kier alpha value is -2.64. The van der Waals surface area contributed by atoms with Crippen LogP contribution in [-0.4, -0.2) is 38.9 Å². The van der Waals surface area contributed by atoms with Gasteiger partial charge in [-0.25, -0.2) is 4.98 Å². The fourth-order valence-electron chi connectivity index (χ4n) is 1.99. The molecule has 0 saturated carbocycles. The van der Waals surface area contributed by atoms with Gasteiger partial charge in [0.05, 0.1) is 13.4 Å². The summed E-state index contributed by atoms with van der Waals surface area (Å²) in [7, 11) is 3.17. The zero-order valence-electron chi connectivity index (χ0n) is 13.1. The van der Waals surface area contributed by atoms with Gasteiger partial charge in [0.15, 0.2) is 0 Å². The maximum absolute atomic E-state index is 12.1. The van der Waals surface area contributed by atoms with Gasteiger partial charge in [-0.2, -0.15) is 0 Å². The molecule has 1 N–H and O–H groups in total. The summed E-state index contributed by atoms with van der Waals surface area (Å²) in [4.78, 5) is 28.2. The molecule has 0 aliphatic heterocycles. The van der Waals surface area contributed by atoms with Crippen molar-refractivity contribution in [3.8, 4) is 5.88 Å². The fourth-order valence-corrected chi connectivity index (χ4v) is 1.99. The predicted molar refractivity (Wildman–Crippen MR) is 80.1 cm³/mol. The van der Waals surface area contributed by atoms with Crippen LogP contribution in [0.1, 0.15) is 21.6 Å². The molecule has 2 aromatic rings. The molecule has 2 rings (SSSR count). The third-order valence-corrected chi connectivity index (χ3v) is 3.39. The normalized spacial score (nSPS) is 10.5. The van der Waals surface area contributed by atoms with E-state index in [-0.39, 0.29) is 17.3 Å². The lowest BCUT2D eigenvalue weighted by Crippen LogP contribution is -2.32. The molecule has 118 valence electrons. The van der Waals surface area contributed by atoms with Crippen molar-refractivity contribution in [1.29, 1.82) is 0 Å². The van der Waals surface area contributed by atoms with Gasteiger partial charge in [0.1, 0.15) is 5.56 Å². The minimum atomic E-state index is -0.296. The van der Waals surface area contributed by atoms with Gasteiger partial charge < -0.3 is 10.1 Å². The molecule has 8 heteroatoms. The van der Waals surface area contributed by atoms with Crippen molar-refractivity contribution >= 4 is 5.91 Å². The Balaban J connectivity index is 2.01. The SMILES string of the molecule is COc1nn(C)cc1C(=O)NCCn1cnc(C)c(C)c1=O. The van der Waals surface area contributed by atoms with Crippen LogP contribution < -0.4 is 15.6 Å². The van der Waals surface area contributed by atoms with Crippen molar-refractivity contribution < 1.29 is 9.53 Å². The average Bonchev–Trinajstić information content (AvgIpc) is 2.88. The molecule has 0 fully saturated rings. The summed E-state index contributed by atoms with van der Waals surface area (Å²) in [5.41, 5.74) is 1.59. The summed E-state index contributed by atoms with van der Waals surface area (Å²) in [6.07, 6.45) is 3.07. The Morgan fingerprint density at radius 3 is 2.82 bits per heavy atom. The summed E-state index contributed by atoms with van der Waals surface area (Å²) in [5, 5.41) is 6.76. The highest BCUT2D eigenvalue weighted by Crippen LogP contribution is 2.13. The Morgan fingerprint density at radius 1 is 1.41 bits per heavy atom. The number of amides is 1. The van der Waals surface area contributed by atoms with Gasteiger partial charge in [-0.1, -0.05) is 0 Å². The van der Waals surface area contributed by atoms with E-state index in [9.17, 15) is 9.59 Å². The standard InChI is InChI=1S/C14H19N5O3/c1-9-10(2)16-8-19(14(9)21)6-5-15-12(20)11-7-18(3)17-13(11)22-4/h7-8H,5-6H2,1-4H3,(H,15,20). The summed E-state index contributed by atoms with van der Waals surface area (Å²) in [6, 6.07) is 0. The molecule has 2 aromatic heterocycles. The summed E-state index contributed by atoms with van der Waals surface area (Å²) >= 11 is 0. The topological polar surface area (TPSA) is 91.0 Å². The number of nitrogens with one attached hydrogen (secondary N) is 1. The van der Waals surface area contributed by atoms with E-state index in [0.717, 1.165) is 0 Å². The van der Waals surface area contributed by atoms with E-state index < -0.39 is 0 Å². The number of methoxy groups -OCH3 is 1. The Morgan fingerprint density at radius 2 is 2.14 bits per heavy atom. The predicted octanol–water partition coefficient (Wildman–Crippen LogP) is 0.0322. The minimum absolute atomic E-state index is 0.0966. The monoisotopic (exact) mass is 305 g/mol. The summed E-state index contributed by atoms with van der Waals surface area (Å²) in [6.45, 7) is 4.18. The minimum Gasteiger partial charge on any atom is -0.479 e. The van der Waals surface area contributed by atoms with Crippen LogP contribution in [0.15, 0.2) is 17.3 Å². The molecule has 0 aliphatic carbocycles. The maximum Gasteiger partial charge on any atom is 0.258 e. The molecule has 2 heterocycles. The van der Waals surface area contributed by atoms with Gasteiger partial charge >= 0.3 is 0 Å². The molecule has 1 amide bonds. The van der Waals surface area contributed by atoms with Crippen molar-refractivity contribution in [1.82, 2.24) is 24.6 Å². The van der Waals surface area contributed by atoms with Crippen LogP contribution in [0.3, 0.4) is 0 Å². The van der Waals surface area contributed by atoms with Crippen molar-refractivity contribution in [2.75, 3.05) is 13.7 Å². The van der Waals surface area contributed by atoms with Crippen LogP contribution in [-0.2, 0) is 13.6 Å². The molecule has 0 spiro atoms. The first-order valence-electron chi connectivity index (χ1n) is 6.82. The quantitative estimate of drug-likeness (QED) is 0.841. The van der Waals surface area contributed by atoms with Crippen LogP contribution >= 0.6 is 0 Å². The largest absolute Gasteiger partial charge is 0.479 e. The lowest BCUT2D eigenvalue weighted by molar-refractivity contribution is 0.0949. The van der Waals surface area contributed by atoms with Crippen LogP contribution in [0.2, 0.25) is 0 Å². The van der Waals surface area contributed by atoms with Crippen molar-refractivity contribution in [3.63, 3.8) is 0 Å². The summed E-state index contributed by atoms with van der Waals surface area (Å²) < 4.78 is 8.02. The summed E-state index contributed by atoms with van der Waals surface area (Å²) in [5.74, 6) is -0.0280. The molecular weight excluding hydrogens is 286 g/mol. The van der Waals surface area contributed by atoms with Gasteiger partial charge in [-0.05, 0) is 13.8 Å². The number of aryl methyl sites for hydroxylation is 2. The maximum atomic E-state index is 12.1. The van der Waals surface area contributed by atoms with E-state index in [1.54, 1.807) is 27.1 Å². The average molecular weight is 305 g/mol. The first kappa shape index (κ1) is 15.7. The van der Waals surface area contributed by atoms with E-state index >= 15 is 0 Å². The Kier molecular flexibility index (Phi) is 4.59. The molecule has 0 unspecified atom stereocenters. The van der Waals surface area contributed by atoms with Gasteiger partial charge in [0, 0.05) is 37.6 Å². The van der Waals surface area contributed by atoms with Crippen molar-refractivity contribution in [2.45, 2.75) is 20.4 Å². The number of hydrogen-bond donors (Lipinski definition) is 1. The zero-order chi connectivity index (χ0) is 16.3. The first-order valence-corrected chi connectivity index (χ1v) is 6.82. The number of rotatable bonds is 5. The molecule has 0 aromatic carbocycles. The second kappa shape index (κ2) is 6.42. The lowest BCUT2D eigenvalue weighted by Gasteiger charge is -2.08. The third-order valence-electron chi connectivity index (χ3n) is 3.39. The molecule has 8 nitrogen and oxygen atoms in total.